The highest BCUT2D eigenvalue weighted by atomic mass is 35.5. The number of rotatable bonds is 3. The Hall–Kier alpha value is -4.32. The van der Waals surface area contributed by atoms with Crippen LogP contribution in [0.5, 0.6) is 0 Å². The zero-order valence-corrected chi connectivity index (χ0v) is 26.2. The maximum Gasteiger partial charge on any atom is 0.199 e. The Balaban J connectivity index is 0.000000963. The number of aromatic nitrogens is 1. The summed E-state index contributed by atoms with van der Waals surface area (Å²) in [5, 5.41) is 4.14. The second-order valence-corrected chi connectivity index (χ2v) is 12.3. The Kier molecular flexibility index (Phi) is 7.08. The fourth-order valence-electron chi connectivity index (χ4n) is 5.91. The van der Waals surface area contributed by atoms with Crippen molar-refractivity contribution in [1.82, 2.24) is 9.47 Å². The number of thiophene rings is 1. The summed E-state index contributed by atoms with van der Waals surface area (Å²) in [6, 6.07) is 36.1. The van der Waals surface area contributed by atoms with Gasteiger partial charge in [-0.25, -0.2) is 4.99 Å². The number of fused-ring (bicyclic) bond motifs is 5. The first-order valence-electron chi connectivity index (χ1n) is 14.7. The average Bonchev–Trinajstić information content (AvgIpc) is 3.70. The number of alkyl halides is 1. The zero-order valence-electron chi connectivity index (χ0n) is 24.6. The second kappa shape index (κ2) is 11.1. The summed E-state index contributed by atoms with van der Waals surface area (Å²) in [6.45, 7) is 6.43. The summed E-state index contributed by atoms with van der Waals surface area (Å²) >= 11 is 8.76. The van der Waals surface area contributed by atoms with Gasteiger partial charge in [0, 0.05) is 38.3 Å². The Morgan fingerprint density at radius 3 is 2.35 bits per heavy atom. The Bertz CT molecular complexity index is 2260. The van der Waals surface area contributed by atoms with E-state index in [0.29, 0.717) is 0 Å². The number of aryl methyl sites for hydroxylation is 1. The van der Waals surface area contributed by atoms with Gasteiger partial charge in [-0.05, 0) is 48.4 Å². The smallest absolute Gasteiger partial charge is 0.199 e. The number of para-hydroxylation sites is 2. The molecule has 1 aliphatic heterocycles. The number of furan rings is 1. The van der Waals surface area contributed by atoms with Crippen molar-refractivity contribution in [1.29, 1.82) is 0 Å². The van der Waals surface area contributed by atoms with Crippen LogP contribution in [0.1, 0.15) is 25.8 Å². The van der Waals surface area contributed by atoms with Gasteiger partial charge in [-0.3, -0.25) is 4.57 Å². The molecule has 0 amide bonds. The molecule has 4 aromatic carbocycles. The minimum atomic E-state index is -0.576. The summed E-state index contributed by atoms with van der Waals surface area (Å²) in [4.78, 5) is 8.09. The predicted octanol–water partition coefficient (Wildman–Crippen LogP) is 9.36. The van der Waals surface area contributed by atoms with Crippen molar-refractivity contribution >= 4 is 60.7 Å². The van der Waals surface area contributed by atoms with E-state index < -0.39 is 5.62 Å². The van der Waals surface area contributed by atoms with Crippen LogP contribution in [-0.4, -0.2) is 22.1 Å². The summed E-state index contributed by atoms with van der Waals surface area (Å²) in [6.07, 6.45) is 1.25. The van der Waals surface area contributed by atoms with Gasteiger partial charge in [-0.1, -0.05) is 105 Å². The van der Waals surface area contributed by atoms with Crippen LogP contribution < -0.4 is 10.8 Å². The maximum atomic E-state index is 6.92. The topological polar surface area (TPSA) is 33.7 Å². The van der Waals surface area contributed by atoms with Gasteiger partial charge in [0.2, 0.25) is 0 Å². The van der Waals surface area contributed by atoms with Gasteiger partial charge in [-0.15, -0.1) is 11.3 Å². The number of halogens is 1. The molecule has 4 heterocycles. The van der Waals surface area contributed by atoms with Gasteiger partial charge in [0.25, 0.3) is 0 Å². The molecular weight excluding hydrogens is 570 g/mol. The predicted molar refractivity (Wildman–Crippen MR) is 182 cm³/mol. The number of benzene rings is 4. The van der Waals surface area contributed by atoms with Crippen molar-refractivity contribution in [2.45, 2.75) is 32.8 Å². The van der Waals surface area contributed by atoms with Crippen LogP contribution in [0.3, 0.4) is 0 Å². The summed E-state index contributed by atoms with van der Waals surface area (Å²) < 4.78 is 10.1. The van der Waals surface area contributed by atoms with Gasteiger partial charge in [0.05, 0.1) is 11.2 Å². The lowest BCUT2D eigenvalue weighted by Crippen LogP contribution is -2.43. The molecule has 1 atom stereocenters. The highest BCUT2D eigenvalue weighted by Crippen LogP contribution is 2.47. The van der Waals surface area contributed by atoms with Gasteiger partial charge in [0.1, 0.15) is 10.9 Å². The minimum Gasteiger partial charge on any atom is -0.451 e. The molecule has 0 saturated heterocycles. The fraction of sp³-hybridized carbons (Fsp3) is 0.162. The Labute approximate surface area is 259 Å². The first-order chi connectivity index (χ1) is 21.0. The van der Waals surface area contributed by atoms with Crippen LogP contribution >= 0.6 is 22.9 Å². The van der Waals surface area contributed by atoms with E-state index in [9.17, 15) is 0 Å². The van der Waals surface area contributed by atoms with Crippen LogP contribution in [0.2, 0.25) is 0 Å². The molecule has 0 spiro atoms. The third kappa shape index (κ3) is 4.46. The average molecular weight is 602 g/mol. The van der Waals surface area contributed by atoms with Crippen LogP contribution in [0, 0.1) is 6.92 Å². The largest absolute Gasteiger partial charge is 0.451 e. The molecule has 0 fully saturated rings. The maximum absolute atomic E-state index is 6.92. The van der Waals surface area contributed by atoms with Crippen molar-refractivity contribution in [3.63, 3.8) is 0 Å². The lowest BCUT2D eigenvalue weighted by molar-refractivity contribution is 0.396. The molecule has 7 aromatic rings. The highest BCUT2D eigenvalue weighted by molar-refractivity contribution is 7.23. The van der Waals surface area contributed by atoms with Crippen LogP contribution in [0.25, 0.3) is 59.5 Å². The van der Waals surface area contributed by atoms with E-state index >= 15 is 0 Å². The molecule has 1 aliphatic rings. The number of hydrogen-bond acceptors (Lipinski definition) is 4. The van der Waals surface area contributed by atoms with Gasteiger partial charge in [0.15, 0.2) is 16.9 Å². The normalized spacial score (nSPS) is 14.6. The van der Waals surface area contributed by atoms with Gasteiger partial charge in [-0.2, -0.15) is 0 Å². The SMILES string of the molecule is CCC.Cc1ccccc1-c1sc2ccccc2c1-c1cc2ccccc2n1C1=c2oc3ccccc3c2=NC(Cl)N1C. The highest BCUT2D eigenvalue weighted by Gasteiger charge is 2.29. The van der Waals surface area contributed by atoms with Crippen molar-refractivity contribution in [2.75, 3.05) is 7.05 Å². The molecule has 3 aromatic heterocycles. The second-order valence-electron chi connectivity index (χ2n) is 10.9. The standard InChI is InChI=1S/C34H24ClN3OS.C3H8/c1-20-11-3-5-13-22(20)32-29(24-15-7-10-18-28(24)40-32)26-19-21-12-4-8-16-25(21)38(26)33-31-30(36-34(35)37(33)2)23-14-6-9-17-27(23)39-31;1-3-2/h3-19,34H,1-2H3;3H2,1-2H3. The molecule has 0 bridgehead atoms. The lowest BCUT2D eigenvalue weighted by atomic mass is 10.00. The molecule has 6 heteroatoms. The lowest BCUT2D eigenvalue weighted by Gasteiger charge is -2.29. The third-order valence-electron chi connectivity index (χ3n) is 7.83. The Morgan fingerprint density at radius 1 is 0.860 bits per heavy atom. The van der Waals surface area contributed by atoms with E-state index in [2.05, 4.69) is 104 Å². The van der Waals surface area contributed by atoms with E-state index in [1.807, 2.05) is 47.5 Å². The van der Waals surface area contributed by atoms with Crippen LogP contribution in [-0.2, 0) is 0 Å². The quantitative estimate of drug-likeness (QED) is 0.149. The van der Waals surface area contributed by atoms with Gasteiger partial charge < -0.3 is 9.32 Å². The van der Waals surface area contributed by atoms with E-state index in [4.69, 9.17) is 21.0 Å². The molecule has 4 nitrogen and oxygen atoms in total. The van der Waals surface area contributed by atoms with Crippen molar-refractivity contribution in [3.05, 3.63) is 119 Å². The van der Waals surface area contributed by atoms with Crippen molar-refractivity contribution in [2.24, 2.45) is 4.99 Å². The molecular formula is C37H32ClN3OS. The zero-order chi connectivity index (χ0) is 29.7. The van der Waals surface area contributed by atoms with Crippen LogP contribution in [0.15, 0.2) is 113 Å². The van der Waals surface area contributed by atoms with E-state index in [1.165, 1.54) is 38.1 Å². The third-order valence-corrected chi connectivity index (χ3v) is 9.42. The van der Waals surface area contributed by atoms with Gasteiger partial charge >= 0.3 is 0 Å². The van der Waals surface area contributed by atoms with E-state index in [0.717, 1.165) is 44.2 Å². The summed E-state index contributed by atoms with van der Waals surface area (Å²) in [5.74, 6) is 0.878. The molecule has 214 valence electrons. The molecule has 0 radical (unpaired) electrons. The first kappa shape index (κ1) is 27.5. The van der Waals surface area contributed by atoms with E-state index in [1.54, 1.807) is 0 Å². The molecule has 0 N–H and O–H groups in total. The van der Waals surface area contributed by atoms with Crippen LogP contribution in [0.4, 0.5) is 0 Å². The summed E-state index contributed by atoms with van der Waals surface area (Å²) in [7, 11) is 1.99. The number of hydrogen-bond donors (Lipinski definition) is 0. The molecule has 0 aliphatic carbocycles. The summed E-state index contributed by atoms with van der Waals surface area (Å²) in [5.41, 5.74) is 6.82. The van der Waals surface area contributed by atoms with Crippen molar-refractivity contribution in [3.8, 4) is 21.7 Å². The van der Waals surface area contributed by atoms with E-state index in [-0.39, 0.29) is 0 Å². The fourth-order valence-corrected chi connectivity index (χ4v) is 7.40. The first-order valence-corrected chi connectivity index (χ1v) is 15.9. The molecule has 0 saturated carbocycles. The monoisotopic (exact) mass is 601 g/mol. The molecule has 1 unspecified atom stereocenters. The number of nitrogens with zero attached hydrogens (tertiary/aromatic N) is 3. The molecule has 8 rings (SSSR count). The van der Waals surface area contributed by atoms with Crippen molar-refractivity contribution < 1.29 is 4.42 Å². The Morgan fingerprint density at radius 2 is 1.53 bits per heavy atom. The molecule has 43 heavy (non-hydrogen) atoms. The minimum absolute atomic E-state index is 0.576.